The lowest BCUT2D eigenvalue weighted by molar-refractivity contribution is -0.137. The SMILES string of the molecule is CCCCCc1cc2c(CCCCCNC(=O)OCc3ccc(NC(=O)[C@H](CCCNC(N)=O)CC(=O)[C@@H](NC(=O)CCCCCN4C(=O)C=CC4=O)C(C)C)cc3)cccc2nc1N. The van der Waals surface area contributed by atoms with Crippen molar-refractivity contribution in [2.24, 2.45) is 17.6 Å². The van der Waals surface area contributed by atoms with E-state index in [2.05, 4.69) is 45.3 Å². The summed E-state index contributed by atoms with van der Waals surface area (Å²) in [5.41, 5.74) is 15.9. The van der Waals surface area contributed by atoms with E-state index in [9.17, 15) is 33.6 Å². The molecule has 2 aromatic carbocycles. The van der Waals surface area contributed by atoms with E-state index in [1.807, 2.05) is 26.0 Å². The van der Waals surface area contributed by atoms with Crippen LogP contribution in [0, 0.1) is 11.8 Å². The summed E-state index contributed by atoms with van der Waals surface area (Å²) in [6, 6.07) is 13.7. The van der Waals surface area contributed by atoms with Crippen LogP contribution in [0.4, 0.5) is 21.1 Å². The molecule has 352 valence electrons. The van der Waals surface area contributed by atoms with Gasteiger partial charge < -0.3 is 37.5 Å². The maximum absolute atomic E-state index is 13.6. The zero-order valence-electron chi connectivity index (χ0n) is 38.3. The molecule has 4 rings (SSSR count). The van der Waals surface area contributed by atoms with Crippen LogP contribution in [0.3, 0.4) is 0 Å². The van der Waals surface area contributed by atoms with Crippen LogP contribution in [0.5, 0.6) is 0 Å². The number of carbonyl (C=O) groups excluding carboxylic acids is 7. The fourth-order valence-electron chi connectivity index (χ4n) is 7.74. The minimum absolute atomic E-state index is 0.0325. The number of benzene rings is 2. The van der Waals surface area contributed by atoms with Gasteiger partial charge in [-0.25, -0.2) is 14.6 Å². The summed E-state index contributed by atoms with van der Waals surface area (Å²) in [7, 11) is 0. The number of amides is 7. The fourth-order valence-corrected chi connectivity index (χ4v) is 7.74. The standard InChI is InChI=1S/C49H68N8O8/c1-4-5-8-16-36-30-39-35(17-13-19-40(39)55-46(36)50)15-9-6-11-27-53-49(64)65-32-34-21-23-38(24-22-34)54-47(62)37(18-14-28-52-48(51)63)31-41(58)45(33(2)3)56-42(59)20-10-7-12-29-57-43(60)25-26-44(57)61/h13,17,19,21-26,30,33,37,45H,4-12,14-16,18,20,27-29,31-32H2,1-3H3,(H2,50,55)(H,53,64)(H,54,62)(H,56,59)(H3,51,52,63)/t37-,45+/m1/s1. The summed E-state index contributed by atoms with van der Waals surface area (Å²) in [5, 5.41) is 12.2. The maximum Gasteiger partial charge on any atom is 0.407 e. The lowest BCUT2D eigenvalue weighted by Crippen LogP contribution is -2.45. The first-order chi connectivity index (χ1) is 31.2. The molecule has 1 aliphatic heterocycles. The van der Waals surface area contributed by atoms with E-state index in [1.54, 1.807) is 24.3 Å². The minimum atomic E-state index is -0.822. The van der Waals surface area contributed by atoms with E-state index in [0.717, 1.165) is 72.7 Å². The highest BCUT2D eigenvalue weighted by atomic mass is 16.5. The van der Waals surface area contributed by atoms with Gasteiger partial charge in [-0.05, 0) is 105 Å². The second kappa shape index (κ2) is 27.1. The molecule has 0 bridgehead atoms. The van der Waals surface area contributed by atoms with Crippen LogP contribution in [0.25, 0.3) is 10.9 Å². The zero-order chi connectivity index (χ0) is 47.1. The Morgan fingerprint density at radius 1 is 0.800 bits per heavy atom. The molecule has 0 unspecified atom stereocenters. The average molecular weight is 897 g/mol. The van der Waals surface area contributed by atoms with E-state index in [-0.39, 0.29) is 68.4 Å². The van der Waals surface area contributed by atoms with Gasteiger partial charge in [0.1, 0.15) is 12.4 Å². The van der Waals surface area contributed by atoms with Crippen molar-refractivity contribution in [3.63, 3.8) is 0 Å². The molecule has 2 heterocycles. The molecule has 7 amide bonds. The predicted octanol–water partition coefficient (Wildman–Crippen LogP) is 6.78. The average Bonchev–Trinajstić information content (AvgIpc) is 3.59. The van der Waals surface area contributed by atoms with Gasteiger partial charge >= 0.3 is 12.1 Å². The molecule has 16 heteroatoms. The molecule has 0 saturated carbocycles. The predicted molar refractivity (Wildman–Crippen MR) is 251 cm³/mol. The molecule has 2 atom stereocenters. The van der Waals surface area contributed by atoms with Gasteiger partial charge in [-0.2, -0.15) is 0 Å². The van der Waals surface area contributed by atoms with Crippen LogP contribution in [0.15, 0.2) is 60.7 Å². The Morgan fingerprint density at radius 3 is 2.20 bits per heavy atom. The molecule has 0 saturated heterocycles. The molecule has 0 aliphatic carbocycles. The van der Waals surface area contributed by atoms with Gasteiger partial charge in [-0.3, -0.25) is 28.9 Å². The van der Waals surface area contributed by atoms with Crippen LogP contribution in [0.2, 0.25) is 0 Å². The molecule has 1 aromatic heterocycles. The van der Waals surface area contributed by atoms with Gasteiger partial charge in [0.05, 0.1) is 11.6 Å². The number of aromatic nitrogens is 1. The number of alkyl carbamates (subject to hydrolysis) is 1. The van der Waals surface area contributed by atoms with Crippen LogP contribution >= 0.6 is 0 Å². The van der Waals surface area contributed by atoms with Crippen LogP contribution in [-0.4, -0.2) is 77.1 Å². The molecule has 16 nitrogen and oxygen atoms in total. The van der Waals surface area contributed by atoms with Crippen molar-refractivity contribution in [1.82, 2.24) is 25.8 Å². The number of fused-ring (bicyclic) bond motifs is 1. The second-order valence-corrected chi connectivity index (χ2v) is 17.0. The number of nitrogen functional groups attached to an aromatic ring is 1. The number of primary amides is 1. The lowest BCUT2D eigenvalue weighted by atomic mass is 9.89. The number of rotatable bonds is 29. The number of hydrogen-bond donors (Lipinski definition) is 6. The third-order valence-corrected chi connectivity index (χ3v) is 11.5. The number of unbranched alkanes of at least 4 members (excludes halogenated alkanes) is 6. The second-order valence-electron chi connectivity index (χ2n) is 17.0. The molecule has 0 spiro atoms. The largest absolute Gasteiger partial charge is 0.445 e. The first-order valence-electron chi connectivity index (χ1n) is 23.1. The Morgan fingerprint density at radius 2 is 1.49 bits per heavy atom. The Kier molecular flexibility index (Phi) is 21.4. The van der Waals surface area contributed by atoms with Crippen molar-refractivity contribution in [2.75, 3.05) is 30.7 Å². The van der Waals surface area contributed by atoms with Gasteiger partial charge in [-0.1, -0.05) is 70.7 Å². The van der Waals surface area contributed by atoms with Crippen molar-refractivity contribution in [3.8, 4) is 0 Å². The van der Waals surface area contributed by atoms with E-state index < -0.39 is 30.0 Å². The molecular weight excluding hydrogens is 829 g/mol. The molecular formula is C49H68N8O8. The number of nitrogens with two attached hydrogens (primary N) is 2. The van der Waals surface area contributed by atoms with Crippen molar-refractivity contribution in [1.29, 1.82) is 0 Å². The molecule has 65 heavy (non-hydrogen) atoms. The van der Waals surface area contributed by atoms with Crippen LogP contribution in [0.1, 0.15) is 121 Å². The highest BCUT2D eigenvalue weighted by molar-refractivity contribution is 6.12. The highest BCUT2D eigenvalue weighted by Crippen LogP contribution is 2.25. The van der Waals surface area contributed by atoms with Crippen molar-refractivity contribution in [3.05, 3.63) is 77.4 Å². The number of nitrogens with one attached hydrogen (secondary N) is 4. The summed E-state index contributed by atoms with van der Waals surface area (Å²) < 4.78 is 5.42. The number of imide groups is 1. The van der Waals surface area contributed by atoms with Gasteiger partial charge in [0.15, 0.2) is 5.78 Å². The Bertz CT molecular complexity index is 2100. The van der Waals surface area contributed by atoms with Crippen molar-refractivity contribution < 1.29 is 38.3 Å². The number of hydrogen-bond acceptors (Lipinski definition) is 10. The normalized spacial score (nSPS) is 13.2. The number of Topliss-reactive ketones (excluding diaryl/α,β-unsaturated/α-hetero) is 1. The molecule has 0 fully saturated rings. The first-order valence-corrected chi connectivity index (χ1v) is 23.1. The number of carbonyl (C=O) groups is 7. The van der Waals surface area contributed by atoms with Gasteiger partial charge in [0.2, 0.25) is 11.8 Å². The number of pyridine rings is 1. The minimum Gasteiger partial charge on any atom is -0.445 e. The third-order valence-electron chi connectivity index (χ3n) is 11.5. The Hall–Kier alpha value is -6.32. The molecule has 3 aromatic rings. The monoisotopic (exact) mass is 897 g/mol. The topological polar surface area (TPSA) is 245 Å². The summed E-state index contributed by atoms with van der Waals surface area (Å²) >= 11 is 0. The van der Waals surface area contributed by atoms with Crippen LogP contribution in [-0.2, 0) is 48.2 Å². The van der Waals surface area contributed by atoms with Gasteiger partial charge in [0, 0.05) is 61.6 Å². The van der Waals surface area contributed by atoms with E-state index in [4.69, 9.17) is 16.2 Å². The van der Waals surface area contributed by atoms with E-state index >= 15 is 0 Å². The fraction of sp³-hybridized carbons (Fsp3) is 0.510. The smallest absolute Gasteiger partial charge is 0.407 e. The van der Waals surface area contributed by atoms with Crippen molar-refractivity contribution >= 4 is 63.9 Å². The summed E-state index contributed by atoms with van der Waals surface area (Å²) in [6.07, 6.45) is 12.2. The van der Waals surface area contributed by atoms with Crippen LogP contribution < -0.4 is 32.7 Å². The summed E-state index contributed by atoms with van der Waals surface area (Å²) in [6.45, 7) is 6.83. The van der Waals surface area contributed by atoms with Gasteiger partial charge in [0.25, 0.3) is 11.8 Å². The highest BCUT2D eigenvalue weighted by Gasteiger charge is 2.30. The Labute approximate surface area is 382 Å². The number of nitrogens with zero attached hydrogens (tertiary/aromatic N) is 2. The number of anilines is 2. The lowest BCUT2D eigenvalue weighted by Gasteiger charge is -2.24. The number of ketones is 1. The molecule has 0 radical (unpaired) electrons. The van der Waals surface area contributed by atoms with Crippen molar-refractivity contribution in [2.45, 2.75) is 130 Å². The summed E-state index contributed by atoms with van der Waals surface area (Å²) in [5.74, 6) is -2.08. The molecule has 1 aliphatic rings. The number of aryl methyl sites for hydroxylation is 2. The number of urea groups is 1. The summed E-state index contributed by atoms with van der Waals surface area (Å²) in [4.78, 5) is 93.1. The molecule has 8 N–H and O–H groups in total. The van der Waals surface area contributed by atoms with E-state index in [1.165, 1.54) is 17.7 Å². The quantitative estimate of drug-likeness (QED) is 0.0315. The maximum atomic E-state index is 13.6. The zero-order valence-corrected chi connectivity index (χ0v) is 38.3. The first kappa shape index (κ1) is 51.3. The Balaban J connectivity index is 1.19. The van der Waals surface area contributed by atoms with E-state index in [0.29, 0.717) is 49.3 Å². The number of ether oxygens (including phenoxy) is 1. The van der Waals surface area contributed by atoms with Gasteiger partial charge in [-0.15, -0.1) is 0 Å². The third kappa shape index (κ3) is 17.6.